The average Bonchev–Trinajstić information content (AvgIpc) is 3.32. The van der Waals surface area contributed by atoms with Crippen molar-refractivity contribution in [2.45, 2.75) is 33.1 Å². The minimum absolute atomic E-state index is 0.0187. The summed E-state index contributed by atoms with van der Waals surface area (Å²) in [5.41, 5.74) is 4.28. The topological polar surface area (TPSA) is 87.3 Å². The van der Waals surface area contributed by atoms with Crippen molar-refractivity contribution in [1.82, 2.24) is 5.32 Å². The molecule has 170 valence electrons. The van der Waals surface area contributed by atoms with Crippen LogP contribution in [0.15, 0.2) is 75.9 Å². The number of ether oxygens (including phenoxy) is 1. The number of hydrogen-bond acceptors (Lipinski definition) is 6. The third-order valence-corrected chi connectivity index (χ3v) is 5.91. The van der Waals surface area contributed by atoms with Crippen LogP contribution in [0.3, 0.4) is 0 Å². The Hall–Kier alpha value is -3.63. The maximum atomic E-state index is 12.9. The van der Waals surface area contributed by atoms with Crippen LogP contribution >= 0.6 is 11.8 Å². The van der Waals surface area contributed by atoms with Crippen LogP contribution in [0, 0.1) is 25.2 Å². The number of benzene rings is 2. The van der Waals surface area contributed by atoms with Crippen LogP contribution in [0.2, 0.25) is 0 Å². The lowest BCUT2D eigenvalue weighted by Gasteiger charge is -2.15. The molecule has 0 aliphatic carbocycles. The van der Waals surface area contributed by atoms with Gasteiger partial charge in [-0.05, 0) is 68.3 Å². The molecule has 0 aliphatic rings. The van der Waals surface area contributed by atoms with Crippen molar-refractivity contribution in [1.29, 1.82) is 5.26 Å². The molecule has 0 bridgehead atoms. The molecule has 0 atom stereocenters. The zero-order valence-electron chi connectivity index (χ0n) is 19.0. The molecule has 0 spiro atoms. The lowest BCUT2D eigenvalue weighted by molar-refractivity contribution is -0.117. The van der Waals surface area contributed by atoms with Gasteiger partial charge in [-0.2, -0.15) is 5.26 Å². The Bertz CT molecular complexity index is 1150. The van der Waals surface area contributed by atoms with Gasteiger partial charge in [-0.1, -0.05) is 23.8 Å². The van der Waals surface area contributed by atoms with Crippen LogP contribution in [-0.4, -0.2) is 12.5 Å². The van der Waals surface area contributed by atoms with Crippen LogP contribution in [0.4, 0.5) is 5.69 Å². The van der Waals surface area contributed by atoms with Gasteiger partial charge >= 0.3 is 0 Å². The number of nitriles is 1. The summed E-state index contributed by atoms with van der Waals surface area (Å²) in [4.78, 5) is 12.9. The fourth-order valence-corrected chi connectivity index (χ4v) is 4.23. The maximum absolute atomic E-state index is 12.9. The summed E-state index contributed by atoms with van der Waals surface area (Å²) < 4.78 is 10.8. The first-order valence-corrected chi connectivity index (χ1v) is 11.6. The minimum Gasteiger partial charge on any atom is -0.494 e. The van der Waals surface area contributed by atoms with E-state index in [2.05, 4.69) is 48.7 Å². The molecule has 7 heteroatoms. The van der Waals surface area contributed by atoms with Gasteiger partial charge in [-0.25, -0.2) is 0 Å². The quantitative estimate of drug-likeness (QED) is 0.298. The number of furan rings is 1. The summed E-state index contributed by atoms with van der Waals surface area (Å²) in [5, 5.41) is 16.3. The summed E-state index contributed by atoms with van der Waals surface area (Å²) in [5.74, 6) is 1.52. The SMILES string of the molecule is CCOc1ccc(NC(SCc2ccc(C)cc2C)=C(C#N)C(=O)NCc2ccco2)cc1. The van der Waals surface area contributed by atoms with Crippen molar-refractivity contribution in [3.8, 4) is 11.8 Å². The fourth-order valence-electron chi connectivity index (χ4n) is 3.13. The second-order valence-electron chi connectivity index (χ2n) is 7.38. The van der Waals surface area contributed by atoms with E-state index in [1.165, 1.54) is 22.9 Å². The Morgan fingerprint density at radius 1 is 1.15 bits per heavy atom. The van der Waals surface area contributed by atoms with Gasteiger partial charge in [0.25, 0.3) is 5.91 Å². The smallest absolute Gasteiger partial charge is 0.265 e. The zero-order chi connectivity index (χ0) is 23.6. The molecule has 1 heterocycles. The van der Waals surface area contributed by atoms with Crippen LogP contribution in [0.5, 0.6) is 5.75 Å². The van der Waals surface area contributed by atoms with Crippen molar-refractivity contribution >= 4 is 23.4 Å². The molecule has 2 N–H and O–H groups in total. The van der Waals surface area contributed by atoms with Gasteiger partial charge in [0.15, 0.2) is 0 Å². The zero-order valence-corrected chi connectivity index (χ0v) is 19.8. The van der Waals surface area contributed by atoms with Gasteiger partial charge in [0, 0.05) is 11.4 Å². The van der Waals surface area contributed by atoms with Crippen molar-refractivity contribution < 1.29 is 13.9 Å². The molecule has 0 unspecified atom stereocenters. The Kier molecular flexibility index (Phi) is 8.62. The molecule has 0 radical (unpaired) electrons. The van der Waals surface area contributed by atoms with Crippen molar-refractivity contribution in [3.63, 3.8) is 0 Å². The van der Waals surface area contributed by atoms with Gasteiger partial charge < -0.3 is 19.8 Å². The molecule has 0 aliphatic heterocycles. The van der Waals surface area contributed by atoms with E-state index >= 15 is 0 Å². The predicted octanol–water partition coefficient (Wildman–Crippen LogP) is 5.69. The van der Waals surface area contributed by atoms with E-state index in [4.69, 9.17) is 9.15 Å². The molecule has 3 rings (SSSR count). The molecule has 0 saturated carbocycles. The average molecular weight is 462 g/mol. The van der Waals surface area contributed by atoms with Crippen LogP contribution < -0.4 is 15.4 Å². The third kappa shape index (κ3) is 6.93. The summed E-state index contributed by atoms with van der Waals surface area (Å²) in [6, 6.07) is 19.3. The van der Waals surface area contributed by atoms with Crippen molar-refractivity contribution in [2.24, 2.45) is 0 Å². The molecular formula is C26H27N3O3S. The standard InChI is InChI=1S/C26H27N3O3S/c1-4-31-22-11-9-21(10-12-22)29-26(33-17-20-8-7-18(2)14-19(20)3)24(15-27)25(30)28-16-23-6-5-13-32-23/h5-14,29H,4,16-17H2,1-3H3,(H,28,30). The molecule has 1 amide bonds. The van der Waals surface area contributed by atoms with Crippen LogP contribution in [-0.2, 0) is 17.1 Å². The monoisotopic (exact) mass is 461 g/mol. The number of carbonyl (C=O) groups excluding carboxylic acids is 1. The van der Waals surface area contributed by atoms with Crippen LogP contribution in [0.1, 0.15) is 29.4 Å². The Labute approximate surface area is 198 Å². The summed E-state index contributed by atoms with van der Waals surface area (Å²) in [7, 11) is 0. The largest absolute Gasteiger partial charge is 0.494 e. The normalized spacial score (nSPS) is 11.3. The summed E-state index contributed by atoms with van der Waals surface area (Å²) in [6.45, 7) is 6.83. The molecular weight excluding hydrogens is 434 g/mol. The summed E-state index contributed by atoms with van der Waals surface area (Å²) in [6.07, 6.45) is 1.54. The van der Waals surface area contributed by atoms with E-state index in [1.807, 2.05) is 31.2 Å². The highest BCUT2D eigenvalue weighted by Gasteiger charge is 2.17. The number of carbonyl (C=O) groups is 1. The summed E-state index contributed by atoms with van der Waals surface area (Å²) >= 11 is 1.42. The van der Waals surface area contributed by atoms with Crippen molar-refractivity contribution in [3.05, 3.63) is 93.9 Å². The van der Waals surface area contributed by atoms with Gasteiger partial charge in [0.1, 0.15) is 23.2 Å². The lowest BCUT2D eigenvalue weighted by atomic mass is 10.1. The predicted molar refractivity (Wildman–Crippen MR) is 132 cm³/mol. The molecule has 0 fully saturated rings. The Morgan fingerprint density at radius 3 is 2.58 bits per heavy atom. The van der Waals surface area contributed by atoms with Gasteiger partial charge in [0.2, 0.25) is 0 Å². The Balaban J connectivity index is 1.84. The molecule has 1 aromatic heterocycles. The maximum Gasteiger partial charge on any atom is 0.265 e. The van der Waals surface area contributed by atoms with E-state index in [0.717, 1.165) is 17.0 Å². The molecule has 2 aromatic carbocycles. The molecule has 0 saturated heterocycles. The van der Waals surface area contributed by atoms with E-state index in [-0.39, 0.29) is 12.1 Å². The number of rotatable bonds is 10. The number of nitrogens with zero attached hydrogens (tertiary/aromatic N) is 1. The van der Waals surface area contributed by atoms with Gasteiger partial charge in [-0.3, -0.25) is 4.79 Å². The number of amides is 1. The second kappa shape index (κ2) is 11.8. The Morgan fingerprint density at radius 2 is 1.94 bits per heavy atom. The minimum atomic E-state index is -0.463. The first-order valence-electron chi connectivity index (χ1n) is 10.6. The number of nitrogens with one attached hydrogen (secondary N) is 2. The van der Waals surface area contributed by atoms with E-state index < -0.39 is 5.91 Å². The molecule has 33 heavy (non-hydrogen) atoms. The number of aryl methyl sites for hydroxylation is 2. The number of anilines is 1. The first kappa shape index (κ1) is 24.0. The number of thioether (sulfide) groups is 1. The van der Waals surface area contributed by atoms with Crippen LogP contribution in [0.25, 0.3) is 0 Å². The fraction of sp³-hybridized carbons (Fsp3) is 0.231. The van der Waals surface area contributed by atoms with E-state index in [0.29, 0.717) is 23.1 Å². The molecule has 3 aromatic rings. The first-order chi connectivity index (χ1) is 16.0. The second-order valence-corrected chi connectivity index (χ2v) is 8.36. The number of hydrogen-bond donors (Lipinski definition) is 2. The highest BCUT2D eigenvalue weighted by molar-refractivity contribution is 8.02. The van der Waals surface area contributed by atoms with Gasteiger partial charge in [0.05, 0.1) is 24.4 Å². The van der Waals surface area contributed by atoms with Gasteiger partial charge in [-0.15, -0.1) is 11.8 Å². The van der Waals surface area contributed by atoms with E-state index in [1.54, 1.807) is 18.4 Å². The lowest BCUT2D eigenvalue weighted by Crippen LogP contribution is -2.25. The third-order valence-electron chi connectivity index (χ3n) is 4.86. The highest BCUT2D eigenvalue weighted by atomic mass is 32.2. The van der Waals surface area contributed by atoms with E-state index in [9.17, 15) is 10.1 Å². The highest BCUT2D eigenvalue weighted by Crippen LogP contribution is 2.29. The molecule has 6 nitrogen and oxygen atoms in total. The van der Waals surface area contributed by atoms with Crippen molar-refractivity contribution in [2.75, 3.05) is 11.9 Å².